The first kappa shape index (κ1) is 23.0. The molecule has 2 heterocycles. The van der Waals surface area contributed by atoms with Gasteiger partial charge in [0.1, 0.15) is 0 Å². The molecule has 1 atom stereocenters. The van der Waals surface area contributed by atoms with E-state index in [0.29, 0.717) is 45.3 Å². The fraction of sp³-hybridized carbons (Fsp3) is 0.889. The van der Waals surface area contributed by atoms with Crippen molar-refractivity contribution in [3.05, 3.63) is 0 Å². The Hall–Kier alpha value is -1.72. The summed E-state index contributed by atoms with van der Waals surface area (Å²) in [6.07, 6.45) is -14.7. The Morgan fingerprint density at radius 3 is 2.07 bits per heavy atom. The van der Waals surface area contributed by atoms with Gasteiger partial charge >= 0.3 is 18.4 Å². The summed E-state index contributed by atoms with van der Waals surface area (Å²) in [5.74, 6) is -0.377. The van der Waals surface area contributed by atoms with Crippen LogP contribution in [0.1, 0.15) is 39.0 Å². The predicted octanol–water partition coefficient (Wildman–Crippen LogP) is 3.40. The van der Waals surface area contributed by atoms with Crippen LogP contribution in [0.25, 0.3) is 0 Å². The number of rotatable bonds is 3. The lowest BCUT2D eigenvalue weighted by Gasteiger charge is -2.36. The summed E-state index contributed by atoms with van der Waals surface area (Å²) >= 11 is 0. The zero-order valence-electron chi connectivity index (χ0n) is 16.4. The van der Waals surface area contributed by atoms with E-state index in [0.717, 1.165) is 4.90 Å². The molecule has 2 amide bonds. The molecule has 0 radical (unpaired) electrons. The number of nitrogens with one attached hydrogen (secondary N) is 1. The molecule has 1 saturated carbocycles. The van der Waals surface area contributed by atoms with Crippen molar-refractivity contribution in [2.75, 3.05) is 26.3 Å². The van der Waals surface area contributed by atoms with E-state index in [1.54, 1.807) is 0 Å². The monoisotopic (exact) mass is 446 g/mol. The minimum absolute atomic E-state index is 0.0594. The highest BCUT2D eigenvalue weighted by Crippen LogP contribution is 2.59. The third kappa shape index (κ3) is 4.94. The van der Waals surface area contributed by atoms with Gasteiger partial charge in [-0.3, -0.25) is 4.79 Å². The highest BCUT2D eigenvalue weighted by Gasteiger charge is 2.62. The molecule has 12 heteroatoms. The summed E-state index contributed by atoms with van der Waals surface area (Å²) in [6, 6.07) is 0. The average Bonchev–Trinajstić information content (AvgIpc) is 3.32. The summed E-state index contributed by atoms with van der Waals surface area (Å²) in [5, 5.41) is 3.05. The van der Waals surface area contributed by atoms with Crippen LogP contribution in [0.3, 0.4) is 0 Å². The van der Waals surface area contributed by atoms with Gasteiger partial charge in [-0.1, -0.05) is 0 Å². The molecule has 0 unspecified atom stereocenters. The van der Waals surface area contributed by atoms with Crippen molar-refractivity contribution in [1.29, 1.82) is 0 Å². The minimum Gasteiger partial charge on any atom is -0.426 e. The van der Waals surface area contributed by atoms with Crippen LogP contribution in [0.4, 0.5) is 31.1 Å². The number of halogens is 6. The Balaban J connectivity index is 1.51. The molecule has 30 heavy (non-hydrogen) atoms. The van der Waals surface area contributed by atoms with Crippen molar-refractivity contribution in [3.8, 4) is 0 Å². The average molecular weight is 446 g/mol. The number of carbonyl (C=O) groups is 2. The second-order valence-corrected chi connectivity index (χ2v) is 8.62. The summed E-state index contributed by atoms with van der Waals surface area (Å²) in [5.41, 5.74) is -0.719. The number of amides is 2. The lowest BCUT2D eigenvalue weighted by Crippen LogP contribution is -2.51. The Kier molecular flexibility index (Phi) is 5.94. The maximum absolute atomic E-state index is 12.6. The zero-order chi connectivity index (χ0) is 22.4. The van der Waals surface area contributed by atoms with Gasteiger partial charge in [-0.05, 0) is 44.4 Å². The van der Waals surface area contributed by atoms with Crippen molar-refractivity contribution >= 4 is 12.0 Å². The Morgan fingerprint density at radius 1 is 1.03 bits per heavy atom. The second kappa shape index (κ2) is 7.76. The topological polar surface area (TPSA) is 67.9 Å². The van der Waals surface area contributed by atoms with Gasteiger partial charge in [0.05, 0.1) is 0 Å². The van der Waals surface area contributed by atoms with Gasteiger partial charge in [0.2, 0.25) is 5.91 Å². The van der Waals surface area contributed by atoms with Crippen LogP contribution in [0, 0.1) is 11.3 Å². The molecule has 1 spiro atoms. The van der Waals surface area contributed by atoms with E-state index in [9.17, 15) is 35.9 Å². The third-order valence-electron chi connectivity index (χ3n) is 6.36. The normalized spacial score (nSPS) is 25.9. The van der Waals surface area contributed by atoms with Gasteiger partial charge < -0.3 is 19.7 Å². The molecule has 1 N–H and O–H groups in total. The molecule has 2 saturated heterocycles. The Labute approximate surface area is 169 Å². The van der Waals surface area contributed by atoms with Gasteiger partial charge in [0, 0.05) is 37.8 Å². The van der Waals surface area contributed by atoms with E-state index >= 15 is 0 Å². The number of ether oxygens (including phenoxy) is 2. The number of alkyl halides is 6. The molecule has 0 aromatic carbocycles. The molecule has 0 aromatic heterocycles. The Morgan fingerprint density at radius 2 is 1.57 bits per heavy atom. The van der Waals surface area contributed by atoms with Crippen LogP contribution in [0.15, 0.2) is 0 Å². The molecule has 2 aliphatic heterocycles. The van der Waals surface area contributed by atoms with E-state index < -0.39 is 24.5 Å². The molecule has 3 rings (SSSR count). The highest BCUT2D eigenvalue weighted by molar-refractivity contribution is 5.83. The van der Waals surface area contributed by atoms with Gasteiger partial charge in [0.25, 0.3) is 6.10 Å². The molecule has 1 aliphatic carbocycles. The summed E-state index contributed by atoms with van der Waals surface area (Å²) in [7, 11) is 0. The number of piperidine rings is 1. The van der Waals surface area contributed by atoms with Gasteiger partial charge in [0.15, 0.2) is 0 Å². The van der Waals surface area contributed by atoms with E-state index in [-0.39, 0.29) is 35.9 Å². The molecule has 3 aliphatic rings. The number of nitrogens with zero attached hydrogens (tertiary/aromatic N) is 1. The first-order valence-corrected chi connectivity index (χ1v) is 9.75. The van der Waals surface area contributed by atoms with Crippen molar-refractivity contribution in [2.24, 2.45) is 11.3 Å². The minimum atomic E-state index is -5.75. The van der Waals surface area contributed by atoms with Gasteiger partial charge in [-0.25, -0.2) is 4.79 Å². The number of carbonyl (C=O) groups excluding carboxylic acids is 2. The SMILES string of the molecule is CC1(NC(=O)[C@@H]2CC23CCN(C(=O)OC(C(F)(F)F)C(F)(F)F)CC3)CCOCC1. The molecule has 0 bridgehead atoms. The number of likely N-dealkylation sites (tertiary alicyclic amines) is 1. The van der Waals surface area contributed by atoms with Crippen molar-refractivity contribution in [2.45, 2.75) is 63.0 Å². The fourth-order valence-corrected chi connectivity index (χ4v) is 4.23. The van der Waals surface area contributed by atoms with Crippen molar-refractivity contribution in [1.82, 2.24) is 10.2 Å². The molecule has 3 fully saturated rings. The maximum atomic E-state index is 12.6. The molecule has 172 valence electrons. The van der Waals surface area contributed by atoms with Crippen LogP contribution in [0.2, 0.25) is 0 Å². The maximum Gasteiger partial charge on any atom is 0.434 e. The van der Waals surface area contributed by atoms with Gasteiger partial charge in [-0.15, -0.1) is 0 Å². The molecular weight excluding hydrogens is 422 g/mol. The number of hydrogen-bond donors (Lipinski definition) is 1. The van der Waals surface area contributed by atoms with Crippen LogP contribution in [0.5, 0.6) is 0 Å². The molecular formula is C18H24F6N2O4. The summed E-state index contributed by atoms with van der Waals surface area (Å²) in [4.78, 5) is 25.3. The van der Waals surface area contributed by atoms with Crippen molar-refractivity contribution < 1.29 is 45.4 Å². The highest BCUT2D eigenvalue weighted by atomic mass is 19.4. The zero-order valence-corrected chi connectivity index (χ0v) is 16.4. The lowest BCUT2D eigenvalue weighted by atomic mass is 9.89. The smallest absolute Gasteiger partial charge is 0.426 e. The molecule has 6 nitrogen and oxygen atoms in total. The number of hydrogen-bond acceptors (Lipinski definition) is 4. The third-order valence-corrected chi connectivity index (χ3v) is 6.36. The standard InChI is InChI=1S/C18H24F6N2O4/c1-15(4-8-29-9-5-15)25-12(27)11-10-16(11)2-6-26(7-3-16)14(28)30-13(17(19,20)21)18(22,23)24/h11,13H,2-10H2,1H3,(H,25,27)/t11-/m0/s1. The Bertz CT molecular complexity index is 653. The fourth-order valence-electron chi connectivity index (χ4n) is 4.23. The first-order chi connectivity index (χ1) is 13.8. The van der Waals surface area contributed by atoms with E-state index in [1.165, 1.54) is 0 Å². The van der Waals surface area contributed by atoms with Crippen LogP contribution < -0.4 is 5.32 Å². The van der Waals surface area contributed by atoms with Crippen LogP contribution in [-0.4, -0.2) is 67.2 Å². The van der Waals surface area contributed by atoms with Gasteiger partial charge in [-0.2, -0.15) is 26.3 Å². The predicted molar refractivity (Wildman–Crippen MR) is 90.3 cm³/mol. The first-order valence-electron chi connectivity index (χ1n) is 9.75. The quantitative estimate of drug-likeness (QED) is 0.675. The molecule has 0 aromatic rings. The van der Waals surface area contributed by atoms with E-state index in [1.807, 2.05) is 6.92 Å². The van der Waals surface area contributed by atoms with Crippen LogP contribution >= 0.6 is 0 Å². The van der Waals surface area contributed by atoms with Crippen molar-refractivity contribution in [3.63, 3.8) is 0 Å². The van der Waals surface area contributed by atoms with E-state index in [2.05, 4.69) is 10.1 Å². The lowest BCUT2D eigenvalue weighted by molar-refractivity contribution is -0.308. The largest absolute Gasteiger partial charge is 0.434 e. The van der Waals surface area contributed by atoms with Crippen LogP contribution in [-0.2, 0) is 14.3 Å². The second-order valence-electron chi connectivity index (χ2n) is 8.62. The summed E-state index contributed by atoms with van der Waals surface area (Å²) in [6.45, 7) is 2.94. The summed E-state index contributed by atoms with van der Waals surface area (Å²) < 4.78 is 84.5. The van der Waals surface area contributed by atoms with E-state index in [4.69, 9.17) is 4.74 Å².